The van der Waals surface area contributed by atoms with Crippen LogP contribution in [0.3, 0.4) is 0 Å². The molecule has 0 aliphatic carbocycles. The quantitative estimate of drug-likeness (QED) is 0.854. The third-order valence-corrected chi connectivity index (χ3v) is 3.53. The van der Waals surface area contributed by atoms with Gasteiger partial charge in [-0.25, -0.2) is 0 Å². The lowest BCUT2D eigenvalue weighted by atomic mass is 10.1. The molecule has 2 N–H and O–H groups in total. The number of nitrogens with two attached hydrogens (primary N) is 1. The van der Waals surface area contributed by atoms with E-state index in [2.05, 4.69) is 19.1 Å². The van der Waals surface area contributed by atoms with Crippen LogP contribution in [0.2, 0.25) is 0 Å². The topological polar surface area (TPSA) is 44.5 Å². The van der Waals surface area contributed by atoms with Crippen molar-refractivity contribution in [3.05, 3.63) is 21.9 Å². The zero-order valence-corrected chi connectivity index (χ0v) is 9.92. The lowest BCUT2D eigenvalue weighted by Crippen LogP contribution is -2.40. The Bertz CT molecular complexity index is 320. The highest BCUT2D eigenvalue weighted by Crippen LogP contribution is 2.29. The van der Waals surface area contributed by atoms with Crippen molar-refractivity contribution in [1.29, 1.82) is 0 Å². The minimum Gasteiger partial charge on any atom is -0.376 e. The van der Waals surface area contributed by atoms with Gasteiger partial charge in [0.15, 0.2) is 0 Å². The molecule has 2 unspecified atom stereocenters. The summed E-state index contributed by atoms with van der Waals surface area (Å²) in [6.45, 7) is 5.49. The minimum atomic E-state index is 0.0117. The van der Waals surface area contributed by atoms with Gasteiger partial charge in [0, 0.05) is 15.8 Å². The molecule has 2 rings (SSSR count). The van der Waals surface area contributed by atoms with Crippen LogP contribution in [0.4, 0.5) is 0 Å². The first-order valence-electron chi connectivity index (χ1n) is 5.22. The Morgan fingerprint density at radius 1 is 1.53 bits per heavy atom. The van der Waals surface area contributed by atoms with Crippen LogP contribution in [0.5, 0.6) is 0 Å². The fraction of sp³-hybridized carbons (Fsp3) is 0.636. The largest absolute Gasteiger partial charge is 0.376 e. The molecular weight excluding hydrogens is 210 g/mol. The molecule has 0 bridgehead atoms. The van der Waals surface area contributed by atoms with Gasteiger partial charge in [0.25, 0.3) is 0 Å². The monoisotopic (exact) mass is 227 g/mol. The van der Waals surface area contributed by atoms with Crippen molar-refractivity contribution < 1.29 is 9.47 Å². The summed E-state index contributed by atoms with van der Waals surface area (Å²) in [6.07, 6.45) is 0.237. The smallest absolute Gasteiger partial charge is 0.107 e. The van der Waals surface area contributed by atoms with Crippen LogP contribution in [0.15, 0.2) is 12.1 Å². The number of thiophene rings is 1. The van der Waals surface area contributed by atoms with Crippen molar-refractivity contribution >= 4 is 11.3 Å². The molecule has 1 aliphatic heterocycles. The van der Waals surface area contributed by atoms with Gasteiger partial charge in [-0.3, -0.25) is 0 Å². The fourth-order valence-electron chi connectivity index (χ4n) is 1.56. The lowest BCUT2D eigenvalue weighted by molar-refractivity contribution is -0.158. The average Bonchev–Trinajstić information content (AvgIpc) is 2.49. The molecule has 1 aliphatic rings. The summed E-state index contributed by atoms with van der Waals surface area (Å²) in [5.41, 5.74) is 5.95. The molecular formula is C11H17NO2S. The molecule has 3 nitrogen and oxygen atoms in total. The van der Waals surface area contributed by atoms with Gasteiger partial charge in [-0.1, -0.05) is 0 Å². The first kappa shape index (κ1) is 11.1. The molecule has 84 valence electrons. The van der Waals surface area contributed by atoms with Crippen molar-refractivity contribution in [2.24, 2.45) is 5.73 Å². The number of hydrogen-bond acceptors (Lipinski definition) is 4. The van der Waals surface area contributed by atoms with Crippen molar-refractivity contribution in [2.45, 2.75) is 32.1 Å². The van der Waals surface area contributed by atoms with Crippen LogP contribution in [0, 0.1) is 6.92 Å². The van der Waals surface area contributed by atoms with Crippen LogP contribution in [0.1, 0.15) is 22.8 Å². The molecule has 1 fully saturated rings. The average molecular weight is 227 g/mol. The molecule has 1 aromatic heterocycles. The molecule has 1 aromatic rings. The highest BCUT2D eigenvalue weighted by molar-refractivity contribution is 7.12. The van der Waals surface area contributed by atoms with Crippen molar-refractivity contribution in [2.75, 3.05) is 13.2 Å². The van der Waals surface area contributed by atoms with Crippen LogP contribution >= 0.6 is 11.3 Å². The Morgan fingerprint density at radius 3 is 2.67 bits per heavy atom. The summed E-state index contributed by atoms with van der Waals surface area (Å²) in [6, 6.07) is 4.23. The summed E-state index contributed by atoms with van der Waals surface area (Å²) in [4.78, 5) is 2.51. The van der Waals surface area contributed by atoms with E-state index in [1.807, 2.05) is 6.92 Å². The number of aryl methyl sites for hydroxylation is 1. The maximum absolute atomic E-state index is 5.95. The predicted octanol–water partition coefficient (Wildman–Crippen LogP) is 1.86. The van der Waals surface area contributed by atoms with Crippen molar-refractivity contribution in [1.82, 2.24) is 0 Å². The molecule has 0 spiro atoms. The first-order valence-corrected chi connectivity index (χ1v) is 6.03. The van der Waals surface area contributed by atoms with E-state index >= 15 is 0 Å². The molecule has 0 saturated carbocycles. The Hall–Kier alpha value is -0.420. The normalized spacial score (nSPS) is 21.0. The maximum Gasteiger partial charge on any atom is 0.107 e. The molecule has 4 heteroatoms. The second kappa shape index (κ2) is 4.61. The maximum atomic E-state index is 5.95. The summed E-state index contributed by atoms with van der Waals surface area (Å²) in [5, 5.41) is 0. The molecule has 15 heavy (non-hydrogen) atoms. The van der Waals surface area contributed by atoms with Gasteiger partial charge in [-0.05, 0) is 26.0 Å². The third kappa shape index (κ3) is 2.58. The van der Waals surface area contributed by atoms with E-state index in [1.54, 1.807) is 11.3 Å². The van der Waals surface area contributed by atoms with Crippen LogP contribution in [-0.4, -0.2) is 25.4 Å². The molecule has 0 amide bonds. The van der Waals surface area contributed by atoms with Crippen molar-refractivity contribution in [3.63, 3.8) is 0 Å². The Morgan fingerprint density at radius 2 is 2.27 bits per heavy atom. The van der Waals surface area contributed by atoms with Gasteiger partial charge in [-0.2, -0.15) is 0 Å². The number of ether oxygens (including phenoxy) is 2. The fourth-order valence-corrected chi connectivity index (χ4v) is 2.59. The summed E-state index contributed by atoms with van der Waals surface area (Å²) < 4.78 is 11.0. The molecule has 2 heterocycles. The Labute approximate surface area is 94.2 Å². The van der Waals surface area contributed by atoms with E-state index in [4.69, 9.17) is 15.2 Å². The zero-order valence-electron chi connectivity index (χ0n) is 9.10. The predicted molar refractivity (Wildman–Crippen MR) is 61.1 cm³/mol. The van der Waals surface area contributed by atoms with E-state index in [1.165, 1.54) is 9.75 Å². The van der Waals surface area contributed by atoms with Gasteiger partial charge in [0.2, 0.25) is 0 Å². The summed E-state index contributed by atoms with van der Waals surface area (Å²) >= 11 is 1.75. The minimum absolute atomic E-state index is 0.0117. The van der Waals surface area contributed by atoms with E-state index in [0.717, 1.165) is 0 Å². The van der Waals surface area contributed by atoms with Gasteiger partial charge < -0.3 is 15.2 Å². The first-order chi connectivity index (χ1) is 7.16. The van der Waals surface area contributed by atoms with Gasteiger partial charge in [0.1, 0.15) is 12.2 Å². The molecule has 2 atom stereocenters. The lowest BCUT2D eigenvalue weighted by Gasteiger charge is -2.31. The van der Waals surface area contributed by atoms with E-state index in [9.17, 15) is 0 Å². The SMILES string of the molecule is Cc1ccc(C(OC2COC2)C(C)N)s1. The Balaban J connectivity index is 2.04. The van der Waals surface area contributed by atoms with Crippen LogP contribution in [-0.2, 0) is 9.47 Å². The number of rotatable bonds is 4. The van der Waals surface area contributed by atoms with Gasteiger partial charge in [-0.15, -0.1) is 11.3 Å². The zero-order chi connectivity index (χ0) is 10.8. The van der Waals surface area contributed by atoms with E-state index in [0.29, 0.717) is 13.2 Å². The molecule has 0 aromatic carbocycles. The Kier molecular flexibility index (Phi) is 3.41. The summed E-state index contributed by atoms with van der Waals surface area (Å²) in [5.74, 6) is 0. The van der Waals surface area contributed by atoms with Gasteiger partial charge >= 0.3 is 0 Å². The van der Waals surface area contributed by atoms with Crippen LogP contribution in [0.25, 0.3) is 0 Å². The number of hydrogen-bond donors (Lipinski definition) is 1. The second-order valence-electron chi connectivity index (χ2n) is 4.02. The van der Waals surface area contributed by atoms with E-state index in [-0.39, 0.29) is 18.2 Å². The third-order valence-electron chi connectivity index (χ3n) is 2.47. The highest BCUT2D eigenvalue weighted by atomic mass is 32.1. The second-order valence-corrected chi connectivity index (χ2v) is 5.34. The van der Waals surface area contributed by atoms with Crippen LogP contribution < -0.4 is 5.73 Å². The summed E-state index contributed by atoms with van der Waals surface area (Å²) in [7, 11) is 0. The highest BCUT2D eigenvalue weighted by Gasteiger charge is 2.27. The molecule has 0 radical (unpaired) electrons. The van der Waals surface area contributed by atoms with Crippen molar-refractivity contribution in [3.8, 4) is 0 Å². The standard InChI is InChI=1S/C11H17NO2S/c1-7-3-4-10(15-7)11(8(2)12)14-9-5-13-6-9/h3-4,8-9,11H,5-6,12H2,1-2H3. The van der Waals surface area contributed by atoms with Gasteiger partial charge in [0.05, 0.1) is 13.2 Å². The molecule has 1 saturated heterocycles. The van der Waals surface area contributed by atoms with E-state index < -0.39 is 0 Å².